The Balaban J connectivity index is 1.93. The molecule has 4 rings (SSSR count). The first-order valence-electron chi connectivity index (χ1n) is 9.02. The highest BCUT2D eigenvalue weighted by Gasteiger charge is 2.48. The fourth-order valence-electron chi connectivity index (χ4n) is 3.32. The number of methoxy groups -OCH3 is 1. The Bertz CT molecular complexity index is 1220. The molecular weight excluding hydrogens is 461 g/mol. The number of halogens is 2. The second-order valence-corrected chi connectivity index (χ2v) is 8.65. The average Bonchev–Trinajstić information content (AvgIpc) is 3.30. The van der Waals surface area contributed by atoms with Crippen molar-refractivity contribution >= 4 is 57.1 Å². The number of rotatable bonds is 4. The van der Waals surface area contributed by atoms with Crippen LogP contribution in [-0.4, -0.2) is 34.1 Å². The van der Waals surface area contributed by atoms with Crippen LogP contribution in [0, 0.1) is 6.92 Å². The van der Waals surface area contributed by atoms with E-state index in [1.165, 1.54) is 12.0 Å². The minimum Gasteiger partial charge on any atom is -0.507 e. The number of aliphatic hydroxyl groups is 1. The van der Waals surface area contributed by atoms with Crippen LogP contribution in [-0.2, 0) is 9.59 Å². The number of benzene rings is 2. The van der Waals surface area contributed by atoms with Crippen LogP contribution >= 0.6 is 34.5 Å². The number of hydrogen-bond acceptors (Lipinski definition) is 7. The van der Waals surface area contributed by atoms with Crippen LogP contribution in [0.5, 0.6) is 5.75 Å². The maximum absolute atomic E-state index is 13.0. The van der Waals surface area contributed by atoms with E-state index in [0.717, 1.165) is 11.3 Å². The van der Waals surface area contributed by atoms with E-state index in [0.29, 0.717) is 26.9 Å². The molecule has 1 amide bonds. The van der Waals surface area contributed by atoms with Gasteiger partial charge in [0.1, 0.15) is 16.5 Å². The number of ketones is 1. The second-order valence-electron chi connectivity index (χ2n) is 6.67. The number of ether oxygens (including phenoxy) is 1. The van der Waals surface area contributed by atoms with Crippen LogP contribution in [0.1, 0.15) is 22.2 Å². The van der Waals surface area contributed by atoms with E-state index in [1.807, 2.05) is 0 Å². The lowest BCUT2D eigenvalue weighted by Crippen LogP contribution is -2.29. The van der Waals surface area contributed by atoms with Crippen molar-refractivity contribution in [3.05, 3.63) is 74.2 Å². The Morgan fingerprint density at radius 2 is 1.81 bits per heavy atom. The van der Waals surface area contributed by atoms with Gasteiger partial charge >= 0.3 is 5.91 Å². The molecule has 1 aromatic heterocycles. The molecule has 3 aromatic rings. The van der Waals surface area contributed by atoms with Crippen molar-refractivity contribution in [3.8, 4) is 5.75 Å². The monoisotopic (exact) mass is 475 g/mol. The highest BCUT2D eigenvalue weighted by molar-refractivity contribution is 7.15. The van der Waals surface area contributed by atoms with Crippen LogP contribution < -0.4 is 9.64 Å². The maximum Gasteiger partial charge on any atom is 0.301 e. The van der Waals surface area contributed by atoms with Crippen molar-refractivity contribution in [2.75, 3.05) is 12.0 Å². The number of anilines is 1. The van der Waals surface area contributed by atoms with Gasteiger partial charge in [0, 0.05) is 5.56 Å². The topological polar surface area (TPSA) is 92.6 Å². The van der Waals surface area contributed by atoms with Crippen molar-refractivity contribution in [1.82, 2.24) is 10.2 Å². The van der Waals surface area contributed by atoms with Gasteiger partial charge < -0.3 is 9.84 Å². The molecule has 158 valence electrons. The standard InChI is InChI=1S/C21H15Cl2N3O4S/c1-10-24-25-21(31-10)26-17(12-5-8-14(22)15(23)9-12)16(19(28)20(26)29)18(27)11-3-6-13(30-2)7-4-11/h3-9,17,27H,1-2H3/b18-16+/t17-/m0/s1. The van der Waals surface area contributed by atoms with E-state index >= 15 is 0 Å². The fourth-order valence-corrected chi connectivity index (χ4v) is 4.34. The number of aryl methyl sites for hydroxylation is 1. The zero-order valence-corrected chi connectivity index (χ0v) is 18.6. The predicted octanol–water partition coefficient (Wildman–Crippen LogP) is 4.79. The summed E-state index contributed by atoms with van der Waals surface area (Å²) in [6, 6.07) is 10.3. The molecule has 10 heteroatoms. The van der Waals surface area contributed by atoms with Gasteiger partial charge in [-0.15, -0.1) is 10.2 Å². The number of amides is 1. The number of carbonyl (C=O) groups excluding carboxylic acids is 2. The lowest BCUT2D eigenvalue weighted by atomic mass is 9.95. The van der Waals surface area contributed by atoms with E-state index in [1.54, 1.807) is 49.4 Å². The molecule has 1 saturated heterocycles. The van der Waals surface area contributed by atoms with Crippen LogP contribution in [0.15, 0.2) is 48.0 Å². The molecule has 0 radical (unpaired) electrons. The molecule has 0 unspecified atom stereocenters. The first-order chi connectivity index (χ1) is 14.8. The Morgan fingerprint density at radius 1 is 1.10 bits per heavy atom. The molecule has 1 atom stereocenters. The SMILES string of the molecule is COc1ccc(/C(O)=C2\C(=O)C(=O)N(c3nnc(C)s3)[C@H]2c2ccc(Cl)c(Cl)c2)cc1. The second kappa shape index (κ2) is 8.30. The number of nitrogens with zero attached hydrogens (tertiary/aromatic N) is 3. The van der Waals surface area contributed by atoms with Crippen molar-refractivity contribution in [2.45, 2.75) is 13.0 Å². The van der Waals surface area contributed by atoms with Gasteiger partial charge in [-0.3, -0.25) is 14.5 Å². The van der Waals surface area contributed by atoms with Crippen molar-refractivity contribution in [2.24, 2.45) is 0 Å². The molecule has 2 aromatic carbocycles. The van der Waals surface area contributed by atoms with E-state index in [2.05, 4.69) is 10.2 Å². The van der Waals surface area contributed by atoms with Crippen LogP contribution in [0.3, 0.4) is 0 Å². The molecule has 1 aliphatic rings. The normalized spacial score (nSPS) is 17.9. The zero-order chi connectivity index (χ0) is 22.3. The van der Waals surface area contributed by atoms with Gasteiger partial charge in [0.25, 0.3) is 5.78 Å². The Hall–Kier alpha value is -2.94. The quantitative estimate of drug-likeness (QED) is 0.331. The van der Waals surface area contributed by atoms with Crippen molar-refractivity contribution < 1.29 is 19.4 Å². The summed E-state index contributed by atoms with van der Waals surface area (Å²) in [4.78, 5) is 27.2. The summed E-state index contributed by atoms with van der Waals surface area (Å²) >= 11 is 13.4. The molecule has 31 heavy (non-hydrogen) atoms. The van der Waals surface area contributed by atoms with E-state index in [9.17, 15) is 14.7 Å². The highest BCUT2D eigenvalue weighted by Crippen LogP contribution is 2.44. The fraction of sp³-hybridized carbons (Fsp3) is 0.143. The first kappa shape index (κ1) is 21.3. The van der Waals surface area contributed by atoms with Gasteiger partial charge in [-0.1, -0.05) is 40.6 Å². The lowest BCUT2D eigenvalue weighted by Gasteiger charge is -2.23. The number of hydrogen-bond donors (Lipinski definition) is 1. The third-order valence-corrected chi connectivity index (χ3v) is 6.37. The number of carbonyl (C=O) groups is 2. The molecule has 1 aliphatic heterocycles. The third-order valence-electron chi connectivity index (χ3n) is 4.79. The molecule has 0 aliphatic carbocycles. The van der Waals surface area contributed by atoms with Gasteiger partial charge in [0.15, 0.2) is 0 Å². The highest BCUT2D eigenvalue weighted by atomic mass is 35.5. The molecule has 0 spiro atoms. The van der Waals surface area contributed by atoms with Crippen molar-refractivity contribution in [1.29, 1.82) is 0 Å². The summed E-state index contributed by atoms with van der Waals surface area (Å²) in [6.45, 7) is 1.74. The summed E-state index contributed by atoms with van der Waals surface area (Å²) in [6.07, 6.45) is 0. The number of aromatic nitrogens is 2. The summed E-state index contributed by atoms with van der Waals surface area (Å²) in [5, 5.41) is 20.5. The maximum atomic E-state index is 13.0. The molecule has 0 bridgehead atoms. The third kappa shape index (κ3) is 3.78. The molecule has 1 fully saturated rings. The Labute approximate surface area is 191 Å². The summed E-state index contributed by atoms with van der Waals surface area (Å²) in [5.41, 5.74) is 0.773. The molecule has 1 N–H and O–H groups in total. The van der Waals surface area contributed by atoms with E-state index in [4.69, 9.17) is 27.9 Å². The predicted molar refractivity (Wildman–Crippen MR) is 119 cm³/mol. The summed E-state index contributed by atoms with van der Waals surface area (Å²) < 4.78 is 5.14. The first-order valence-corrected chi connectivity index (χ1v) is 10.6. The average molecular weight is 476 g/mol. The molecule has 2 heterocycles. The largest absolute Gasteiger partial charge is 0.507 e. The number of Topliss-reactive ketones (excluding diaryl/α,β-unsaturated/α-hetero) is 1. The Kier molecular flexibility index (Phi) is 5.70. The van der Waals surface area contributed by atoms with Crippen LogP contribution in [0.25, 0.3) is 5.76 Å². The van der Waals surface area contributed by atoms with Gasteiger partial charge in [0.05, 0.1) is 28.8 Å². The zero-order valence-electron chi connectivity index (χ0n) is 16.3. The minimum absolute atomic E-state index is 0.0820. The molecular formula is C21H15Cl2N3O4S. The smallest absolute Gasteiger partial charge is 0.301 e. The van der Waals surface area contributed by atoms with Gasteiger partial charge in [-0.05, 0) is 48.9 Å². The lowest BCUT2D eigenvalue weighted by molar-refractivity contribution is -0.132. The van der Waals surface area contributed by atoms with Gasteiger partial charge in [-0.2, -0.15) is 0 Å². The van der Waals surface area contributed by atoms with Crippen LogP contribution in [0.2, 0.25) is 10.0 Å². The number of aliphatic hydroxyl groups excluding tert-OH is 1. The van der Waals surface area contributed by atoms with Crippen LogP contribution in [0.4, 0.5) is 5.13 Å². The summed E-state index contributed by atoms with van der Waals surface area (Å²) in [5.74, 6) is -1.39. The van der Waals surface area contributed by atoms with Gasteiger partial charge in [-0.25, -0.2) is 0 Å². The molecule has 7 nitrogen and oxygen atoms in total. The van der Waals surface area contributed by atoms with Gasteiger partial charge in [0.2, 0.25) is 5.13 Å². The van der Waals surface area contributed by atoms with E-state index < -0.39 is 17.7 Å². The summed E-state index contributed by atoms with van der Waals surface area (Å²) in [7, 11) is 1.52. The minimum atomic E-state index is -0.954. The Morgan fingerprint density at radius 3 is 2.39 bits per heavy atom. The van der Waals surface area contributed by atoms with Crippen molar-refractivity contribution in [3.63, 3.8) is 0 Å². The van der Waals surface area contributed by atoms with E-state index in [-0.39, 0.29) is 21.5 Å². The molecule has 0 saturated carbocycles.